The minimum atomic E-state index is 0.256. The van der Waals surface area contributed by atoms with Crippen molar-refractivity contribution in [2.24, 2.45) is 13.0 Å². The Morgan fingerprint density at radius 3 is 2.53 bits per heavy atom. The average Bonchev–Trinajstić information content (AvgIpc) is 3.59. The van der Waals surface area contributed by atoms with Crippen molar-refractivity contribution in [2.75, 3.05) is 44.3 Å². The van der Waals surface area contributed by atoms with E-state index >= 15 is 0 Å². The van der Waals surface area contributed by atoms with Crippen molar-refractivity contribution < 1.29 is 9.53 Å². The Morgan fingerprint density at radius 1 is 1.03 bits per heavy atom. The van der Waals surface area contributed by atoms with Crippen LogP contribution in [0.25, 0.3) is 27.8 Å². The maximum atomic E-state index is 12.8. The van der Waals surface area contributed by atoms with Crippen molar-refractivity contribution in [3.8, 4) is 28.3 Å². The summed E-state index contributed by atoms with van der Waals surface area (Å²) in [4.78, 5) is 21.8. The van der Waals surface area contributed by atoms with Gasteiger partial charge in [-0.3, -0.25) is 9.48 Å². The van der Waals surface area contributed by atoms with Crippen LogP contribution in [0.4, 0.5) is 5.82 Å². The van der Waals surface area contributed by atoms with Crippen LogP contribution in [-0.2, 0) is 16.6 Å². The fourth-order valence-electron chi connectivity index (χ4n) is 5.40. The number of carbonyl (C=O) groups is 1. The third-order valence-electron chi connectivity index (χ3n) is 7.59. The molecule has 0 saturated carbocycles. The number of rotatable bonds is 5. The quantitative estimate of drug-likeness (QED) is 0.406. The van der Waals surface area contributed by atoms with Gasteiger partial charge in [-0.1, -0.05) is 0 Å². The number of nitrogens with zero attached hydrogens (tertiary/aromatic N) is 8. The van der Waals surface area contributed by atoms with Gasteiger partial charge in [-0.15, -0.1) is 0 Å². The molecule has 2 aliphatic rings. The molecule has 0 bridgehead atoms. The van der Waals surface area contributed by atoms with Crippen molar-refractivity contribution in [3.05, 3.63) is 54.7 Å². The monoisotopic (exact) mass is 510 g/mol. The lowest BCUT2D eigenvalue weighted by Gasteiger charge is -2.36. The molecule has 4 aromatic rings. The van der Waals surface area contributed by atoms with E-state index in [0.29, 0.717) is 31.0 Å². The van der Waals surface area contributed by atoms with Crippen LogP contribution in [0, 0.1) is 17.2 Å². The van der Waals surface area contributed by atoms with Crippen LogP contribution in [0.2, 0.25) is 0 Å². The molecular formula is C28H30N8O2. The lowest BCUT2D eigenvalue weighted by atomic mass is 9.96. The number of nitriles is 1. The number of fused-ring (bicyclic) bond motifs is 1. The lowest BCUT2D eigenvalue weighted by Crippen LogP contribution is -2.49. The van der Waals surface area contributed by atoms with Crippen molar-refractivity contribution in [2.45, 2.75) is 19.3 Å². The van der Waals surface area contributed by atoms with Gasteiger partial charge in [0.05, 0.1) is 23.5 Å². The third-order valence-corrected chi connectivity index (χ3v) is 7.59. The Morgan fingerprint density at radius 2 is 1.84 bits per heavy atom. The summed E-state index contributed by atoms with van der Waals surface area (Å²) in [6.07, 6.45) is 11.7. The standard InChI is InChI=1S/C28H30N8O2/c1-33-18-24(17-31-33)22-13-25(28-23(14-29)16-32-36(28)19-22)21-2-3-26(30-15-21)34-6-8-35(9-7-34)27(37)12-20-4-10-38-11-5-20/h2-3,13,15-20H,4-12H2,1H3. The molecule has 6 heterocycles. The third kappa shape index (κ3) is 4.73. The Bertz CT molecular complexity index is 1490. The molecule has 0 aliphatic carbocycles. The summed E-state index contributed by atoms with van der Waals surface area (Å²) in [6.45, 7) is 4.47. The average molecular weight is 511 g/mol. The van der Waals surface area contributed by atoms with Crippen molar-refractivity contribution in [1.29, 1.82) is 5.26 Å². The molecule has 2 saturated heterocycles. The molecular weight excluding hydrogens is 480 g/mol. The highest BCUT2D eigenvalue weighted by Crippen LogP contribution is 2.32. The van der Waals surface area contributed by atoms with Gasteiger partial charge >= 0.3 is 0 Å². The van der Waals surface area contributed by atoms with Crippen LogP contribution in [0.5, 0.6) is 0 Å². The maximum absolute atomic E-state index is 12.8. The number of hydrogen-bond acceptors (Lipinski definition) is 7. The van der Waals surface area contributed by atoms with Crippen LogP contribution >= 0.6 is 0 Å². The first-order valence-electron chi connectivity index (χ1n) is 13.1. The SMILES string of the molecule is Cn1cc(-c2cc(-c3ccc(N4CCN(C(=O)CC5CCOCC5)CC4)nc3)c3c(C#N)cnn3c2)cn1. The molecule has 194 valence electrons. The van der Waals surface area contributed by atoms with Gasteiger partial charge in [-0.25, -0.2) is 9.50 Å². The van der Waals surface area contributed by atoms with E-state index in [1.165, 1.54) is 0 Å². The Labute approximate surface area is 221 Å². The van der Waals surface area contributed by atoms with Crippen LogP contribution < -0.4 is 4.90 Å². The summed E-state index contributed by atoms with van der Waals surface area (Å²) in [5, 5.41) is 18.4. The summed E-state index contributed by atoms with van der Waals surface area (Å²) < 4.78 is 8.93. The predicted octanol–water partition coefficient (Wildman–Crippen LogP) is 3.13. The molecule has 0 aromatic carbocycles. The maximum Gasteiger partial charge on any atom is 0.222 e. The van der Waals surface area contributed by atoms with Crippen molar-refractivity contribution in [1.82, 2.24) is 29.3 Å². The van der Waals surface area contributed by atoms with Gasteiger partial charge in [0.25, 0.3) is 0 Å². The molecule has 38 heavy (non-hydrogen) atoms. The minimum Gasteiger partial charge on any atom is -0.381 e. The Balaban J connectivity index is 1.19. The van der Waals surface area contributed by atoms with Gasteiger partial charge in [0.1, 0.15) is 11.9 Å². The number of amides is 1. The number of carbonyl (C=O) groups excluding carboxylic acids is 1. The normalized spacial score (nSPS) is 16.6. The second-order valence-corrected chi connectivity index (χ2v) is 10.0. The number of anilines is 1. The zero-order chi connectivity index (χ0) is 26.1. The number of pyridine rings is 2. The van der Waals surface area contributed by atoms with Crippen LogP contribution in [0.15, 0.2) is 49.2 Å². The van der Waals surface area contributed by atoms with Crippen LogP contribution in [0.3, 0.4) is 0 Å². The molecule has 1 amide bonds. The number of piperazine rings is 1. The molecule has 6 rings (SSSR count). The second-order valence-electron chi connectivity index (χ2n) is 10.0. The first-order valence-corrected chi connectivity index (χ1v) is 13.1. The van der Waals surface area contributed by atoms with E-state index in [9.17, 15) is 10.1 Å². The molecule has 2 fully saturated rings. The highest BCUT2D eigenvalue weighted by molar-refractivity contribution is 5.87. The molecule has 0 unspecified atom stereocenters. The van der Waals surface area contributed by atoms with Gasteiger partial charge in [0.2, 0.25) is 5.91 Å². The van der Waals surface area contributed by atoms with Crippen LogP contribution in [0.1, 0.15) is 24.8 Å². The fraction of sp³-hybridized carbons (Fsp3) is 0.393. The largest absolute Gasteiger partial charge is 0.381 e. The molecule has 2 aliphatic heterocycles. The van der Waals surface area contributed by atoms with Crippen molar-refractivity contribution >= 4 is 17.2 Å². The topological polar surface area (TPSA) is 105 Å². The van der Waals surface area contributed by atoms with Gasteiger partial charge in [-0.2, -0.15) is 15.5 Å². The predicted molar refractivity (Wildman–Crippen MR) is 142 cm³/mol. The summed E-state index contributed by atoms with van der Waals surface area (Å²) in [5.41, 5.74) is 5.00. The Hall–Kier alpha value is -4.23. The molecule has 0 radical (unpaired) electrons. The lowest BCUT2D eigenvalue weighted by molar-refractivity contribution is -0.133. The van der Waals surface area contributed by atoms with E-state index in [-0.39, 0.29) is 5.91 Å². The van der Waals surface area contributed by atoms with Crippen molar-refractivity contribution in [3.63, 3.8) is 0 Å². The molecule has 0 N–H and O–H groups in total. The number of aryl methyl sites for hydroxylation is 1. The molecule has 4 aromatic heterocycles. The molecule has 0 spiro atoms. The molecule has 0 atom stereocenters. The number of hydrogen-bond donors (Lipinski definition) is 0. The van der Waals surface area contributed by atoms with Gasteiger partial charge < -0.3 is 14.5 Å². The van der Waals surface area contributed by atoms with E-state index in [1.807, 2.05) is 48.9 Å². The second kappa shape index (κ2) is 10.3. The summed E-state index contributed by atoms with van der Waals surface area (Å²) in [6, 6.07) is 8.38. The summed E-state index contributed by atoms with van der Waals surface area (Å²) in [5.74, 6) is 1.59. The van der Waals surface area contributed by atoms with Gasteiger partial charge in [-0.05, 0) is 37.0 Å². The highest BCUT2D eigenvalue weighted by Gasteiger charge is 2.25. The number of ether oxygens (including phenoxy) is 1. The molecule has 10 heteroatoms. The van der Waals surface area contributed by atoms with Gasteiger partial charge in [0.15, 0.2) is 0 Å². The molecule has 10 nitrogen and oxygen atoms in total. The first-order chi connectivity index (χ1) is 18.6. The smallest absolute Gasteiger partial charge is 0.222 e. The van der Waals surface area contributed by atoms with E-state index in [2.05, 4.69) is 27.2 Å². The van der Waals surface area contributed by atoms with E-state index < -0.39 is 0 Å². The van der Waals surface area contributed by atoms with E-state index in [1.54, 1.807) is 15.4 Å². The number of aromatic nitrogens is 5. The highest BCUT2D eigenvalue weighted by atomic mass is 16.5. The van der Waals surface area contributed by atoms with Crippen LogP contribution in [-0.4, -0.2) is 74.6 Å². The van der Waals surface area contributed by atoms with E-state index in [4.69, 9.17) is 9.72 Å². The zero-order valence-corrected chi connectivity index (χ0v) is 21.5. The van der Waals surface area contributed by atoms with Gasteiger partial charge in [0, 0.05) is 93.7 Å². The zero-order valence-electron chi connectivity index (χ0n) is 21.5. The Kier molecular flexibility index (Phi) is 6.52. The fourth-order valence-corrected chi connectivity index (χ4v) is 5.40. The summed E-state index contributed by atoms with van der Waals surface area (Å²) in [7, 11) is 1.88. The minimum absolute atomic E-state index is 0.256. The summed E-state index contributed by atoms with van der Waals surface area (Å²) >= 11 is 0. The first kappa shape index (κ1) is 24.1. The van der Waals surface area contributed by atoms with E-state index in [0.717, 1.165) is 72.7 Å².